The monoisotopic (exact) mass is 523 g/mol. The molecule has 0 aliphatic carbocycles. The number of hydrogen-bond acceptors (Lipinski definition) is 5. The minimum absolute atomic E-state index is 0.0828. The fraction of sp³-hybridized carbons (Fsp3) is 0.452. The van der Waals surface area contributed by atoms with Crippen molar-refractivity contribution in [2.24, 2.45) is 5.41 Å². The Balaban J connectivity index is 1.51. The molecular weight excluding hydrogens is 485 g/mol. The van der Waals surface area contributed by atoms with Gasteiger partial charge >= 0.3 is 5.97 Å². The lowest BCUT2D eigenvalue weighted by Gasteiger charge is -2.37. The second-order valence-electron chi connectivity index (χ2n) is 10.4. The molecule has 0 bridgehead atoms. The average Bonchev–Trinajstić information content (AvgIpc) is 2.94. The number of methoxy groups -OCH3 is 2. The summed E-state index contributed by atoms with van der Waals surface area (Å²) in [6, 6.07) is 16.0. The molecule has 1 saturated heterocycles. The van der Waals surface area contributed by atoms with Gasteiger partial charge in [-0.15, -0.1) is 0 Å². The molecule has 0 radical (unpaired) electrons. The van der Waals surface area contributed by atoms with Crippen molar-refractivity contribution in [3.05, 3.63) is 59.7 Å². The van der Waals surface area contributed by atoms with E-state index in [0.717, 1.165) is 65.5 Å². The van der Waals surface area contributed by atoms with Gasteiger partial charge in [0.05, 0.1) is 39.7 Å². The molecule has 0 atom stereocenters. The normalized spacial score (nSPS) is 15.5. The standard InChI is InChI=1S/C31H38FNO5/c1-31(21-32)12-14-33(15-13-31)16-17-38-20-22-18-27(36-2)30(28(19-22)37-3)26-9-5-7-24-23(10-11-29(34)35)6-4-8-25(24)26/h4-9,18-19H,10-17,20-21H2,1-3H3,(H,34,35). The number of aliphatic carboxylic acids is 1. The number of hydrogen-bond donors (Lipinski definition) is 1. The van der Waals surface area contributed by atoms with E-state index in [1.54, 1.807) is 14.2 Å². The van der Waals surface area contributed by atoms with Crippen molar-refractivity contribution in [3.8, 4) is 22.6 Å². The summed E-state index contributed by atoms with van der Waals surface area (Å²) in [4.78, 5) is 13.5. The summed E-state index contributed by atoms with van der Waals surface area (Å²) in [5, 5.41) is 11.2. The van der Waals surface area contributed by atoms with Crippen molar-refractivity contribution in [3.63, 3.8) is 0 Å². The van der Waals surface area contributed by atoms with Gasteiger partial charge in [0.1, 0.15) is 11.5 Å². The highest BCUT2D eigenvalue weighted by Crippen LogP contribution is 2.43. The average molecular weight is 524 g/mol. The van der Waals surface area contributed by atoms with Gasteiger partial charge in [0.15, 0.2) is 0 Å². The predicted octanol–water partition coefficient (Wildman–Crippen LogP) is 6.13. The summed E-state index contributed by atoms with van der Waals surface area (Å²) < 4.78 is 30.9. The van der Waals surface area contributed by atoms with E-state index >= 15 is 0 Å². The fourth-order valence-corrected chi connectivity index (χ4v) is 5.20. The van der Waals surface area contributed by atoms with Crippen molar-refractivity contribution in [1.29, 1.82) is 0 Å². The maximum absolute atomic E-state index is 13.2. The number of halogens is 1. The first-order chi connectivity index (χ1) is 18.4. The van der Waals surface area contributed by atoms with Crippen molar-refractivity contribution in [2.75, 3.05) is 47.1 Å². The van der Waals surface area contributed by atoms with Crippen LogP contribution in [0.25, 0.3) is 21.9 Å². The number of likely N-dealkylation sites (tertiary alicyclic amines) is 1. The van der Waals surface area contributed by atoms with E-state index in [-0.39, 0.29) is 18.5 Å². The third kappa shape index (κ3) is 6.45. The molecule has 1 aliphatic rings. The number of carbonyl (C=O) groups is 1. The smallest absolute Gasteiger partial charge is 0.303 e. The van der Waals surface area contributed by atoms with Crippen LogP contribution in [0.4, 0.5) is 4.39 Å². The highest BCUT2D eigenvalue weighted by atomic mass is 19.1. The zero-order valence-electron chi connectivity index (χ0n) is 22.6. The SMILES string of the molecule is COc1cc(COCCN2CCC(C)(CF)CC2)cc(OC)c1-c1cccc2c(CCC(=O)O)cccc12. The lowest BCUT2D eigenvalue weighted by atomic mass is 9.82. The highest BCUT2D eigenvalue weighted by Gasteiger charge is 2.29. The Hall–Kier alpha value is -3.16. The van der Waals surface area contributed by atoms with Crippen LogP contribution in [0, 0.1) is 5.41 Å². The number of benzene rings is 3. The first-order valence-corrected chi connectivity index (χ1v) is 13.2. The van der Waals surface area contributed by atoms with Gasteiger partial charge in [-0.05, 0) is 77.4 Å². The second kappa shape index (κ2) is 12.6. The molecule has 0 saturated carbocycles. The third-order valence-electron chi connectivity index (χ3n) is 7.66. The van der Waals surface area contributed by atoms with Crippen LogP contribution in [0.2, 0.25) is 0 Å². The first kappa shape index (κ1) is 27.9. The molecule has 0 spiro atoms. The fourth-order valence-electron chi connectivity index (χ4n) is 5.20. The molecule has 0 amide bonds. The van der Waals surface area contributed by atoms with E-state index in [0.29, 0.717) is 31.1 Å². The minimum Gasteiger partial charge on any atom is -0.496 e. The summed E-state index contributed by atoms with van der Waals surface area (Å²) in [5.41, 5.74) is 3.59. The molecule has 1 heterocycles. The van der Waals surface area contributed by atoms with Crippen LogP contribution in [0.3, 0.4) is 0 Å². The Kier molecular flexibility index (Phi) is 9.23. The quantitative estimate of drug-likeness (QED) is 0.288. The lowest BCUT2D eigenvalue weighted by Crippen LogP contribution is -2.41. The summed E-state index contributed by atoms with van der Waals surface area (Å²) >= 11 is 0. The zero-order chi connectivity index (χ0) is 27.1. The topological polar surface area (TPSA) is 68.2 Å². The number of fused-ring (bicyclic) bond motifs is 1. The molecule has 4 rings (SSSR count). The molecule has 7 heteroatoms. The molecule has 1 aliphatic heterocycles. The number of ether oxygens (including phenoxy) is 3. The largest absolute Gasteiger partial charge is 0.496 e. The van der Waals surface area contributed by atoms with E-state index in [1.165, 1.54) is 0 Å². The van der Waals surface area contributed by atoms with Crippen LogP contribution in [0.5, 0.6) is 11.5 Å². The third-order valence-corrected chi connectivity index (χ3v) is 7.66. The van der Waals surface area contributed by atoms with Crippen LogP contribution in [0.15, 0.2) is 48.5 Å². The number of aryl methyl sites for hydroxylation is 1. The van der Waals surface area contributed by atoms with Gasteiger partial charge < -0.3 is 24.2 Å². The summed E-state index contributed by atoms with van der Waals surface area (Å²) in [6.45, 7) is 5.45. The number of carboxylic acids is 1. The van der Waals surface area contributed by atoms with Gasteiger partial charge in [0, 0.05) is 13.0 Å². The number of carboxylic acid groups (broad SMARTS) is 1. The van der Waals surface area contributed by atoms with Crippen LogP contribution < -0.4 is 9.47 Å². The Morgan fingerprint density at radius 1 is 1.03 bits per heavy atom. The van der Waals surface area contributed by atoms with Crippen LogP contribution >= 0.6 is 0 Å². The summed E-state index contributed by atoms with van der Waals surface area (Å²) in [7, 11) is 3.29. The van der Waals surface area contributed by atoms with Crippen molar-refractivity contribution >= 4 is 16.7 Å². The van der Waals surface area contributed by atoms with Crippen LogP contribution in [0.1, 0.15) is 37.3 Å². The van der Waals surface area contributed by atoms with E-state index in [2.05, 4.69) is 4.90 Å². The Labute approximate surface area is 224 Å². The molecule has 1 fully saturated rings. The van der Waals surface area contributed by atoms with E-state index < -0.39 is 5.97 Å². The second-order valence-corrected chi connectivity index (χ2v) is 10.4. The number of alkyl halides is 1. The van der Waals surface area contributed by atoms with Crippen LogP contribution in [-0.2, 0) is 22.6 Å². The molecule has 3 aromatic rings. The molecule has 6 nitrogen and oxygen atoms in total. The maximum atomic E-state index is 13.2. The highest BCUT2D eigenvalue weighted by molar-refractivity contribution is 6.01. The van der Waals surface area contributed by atoms with E-state index in [9.17, 15) is 9.18 Å². The molecule has 0 unspecified atom stereocenters. The number of piperidine rings is 1. The molecule has 38 heavy (non-hydrogen) atoms. The van der Waals surface area contributed by atoms with E-state index in [4.69, 9.17) is 19.3 Å². The Bertz CT molecular complexity index is 1230. The van der Waals surface area contributed by atoms with E-state index in [1.807, 2.05) is 55.5 Å². The van der Waals surface area contributed by atoms with Crippen molar-refractivity contribution < 1.29 is 28.5 Å². The first-order valence-electron chi connectivity index (χ1n) is 13.2. The lowest BCUT2D eigenvalue weighted by molar-refractivity contribution is -0.136. The van der Waals surface area contributed by atoms with Gasteiger partial charge in [-0.1, -0.05) is 43.3 Å². The predicted molar refractivity (Wildman–Crippen MR) is 148 cm³/mol. The van der Waals surface area contributed by atoms with Gasteiger partial charge in [0.2, 0.25) is 0 Å². The molecule has 204 valence electrons. The molecular formula is C31H38FNO5. The number of nitrogens with zero attached hydrogens (tertiary/aromatic N) is 1. The summed E-state index contributed by atoms with van der Waals surface area (Å²) in [6.07, 6.45) is 2.32. The Morgan fingerprint density at radius 2 is 1.68 bits per heavy atom. The molecule has 3 aromatic carbocycles. The molecule has 1 N–H and O–H groups in total. The van der Waals surface area contributed by atoms with Gasteiger partial charge in [0.25, 0.3) is 0 Å². The maximum Gasteiger partial charge on any atom is 0.303 e. The van der Waals surface area contributed by atoms with Gasteiger partial charge in [-0.3, -0.25) is 9.18 Å². The number of rotatable bonds is 12. The van der Waals surface area contributed by atoms with Gasteiger partial charge in [-0.2, -0.15) is 0 Å². The van der Waals surface area contributed by atoms with Gasteiger partial charge in [-0.25, -0.2) is 0 Å². The van der Waals surface area contributed by atoms with Crippen LogP contribution in [-0.4, -0.2) is 63.1 Å². The Morgan fingerprint density at radius 3 is 2.32 bits per heavy atom. The van der Waals surface area contributed by atoms with Crippen molar-refractivity contribution in [1.82, 2.24) is 4.90 Å². The molecule has 0 aromatic heterocycles. The summed E-state index contributed by atoms with van der Waals surface area (Å²) in [5.74, 6) is 0.566. The zero-order valence-corrected chi connectivity index (χ0v) is 22.6. The van der Waals surface area contributed by atoms with Crippen molar-refractivity contribution in [2.45, 2.75) is 39.2 Å². The minimum atomic E-state index is -0.810.